The number of likely N-dealkylation sites (N-methyl/N-ethyl adjacent to an activating group) is 1. The minimum absolute atomic E-state index is 0.0344. The van der Waals surface area contributed by atoms with Crippen LogP contribution in [0.2, 0.25) is 0 Å². The normalized spacial score (nSPS) is 22.1. The molecule has 0 bridgehead atoms. The third-order valence-electron chi connectivity index (χ3n) is 8.23. The van der Waals surface area contributed by atoms with E-state index in [1.54, 1.807) is 36.2 Å². The lowest BCUT2D eigenvalue weighted by Crippen LogP contribution is -2.47. The molecule has 3 aliphatic rings. The van der Waals surface area contributed by atoms with Gasteiger partial charge in [0.1, 0.15) is 0 Å². The van der Waals surface area contributed by atoms with Gasteiger partial charge in [0.2, 0.25) is 11.9 Å². The van der Waals surface area contributed by atoms with E-state index >= 15 is 0 Å². The fraction of sp³-hybridized carbons (Fsp3) is 0.571. The highest BCUT2D eigenvalue weighted by Gasteiger charge is 2.41. The molecule has 11 heteroatoms. The van der Waals surface area contributed by atoms with Gasteiger partial charge in [-0.15, -0.1) is 0 Å². The van der Waals surface area contributed by atoms with E-state index in [0.29, 0.717) is 37.2 Å². The van der Waals surface area contributed by atoms with Crippen molar-refractivity contribution in [3.63, 3.8) is 0 Å². The van der Waals surface area contributed by atoms with E-state index in [4.69, 9.17) is 0 Å². The van der Waals surface area contributed by atoms with Crippen LogP contribution in [0.15, 0.2) is 30.5 Å². The van der Waals surface area contributed by atoms with E-state index < -0.39 is 11.7 Å². The number of halogens is 3. The topological polar surface area (TPSA) is 81.7 Å². The molecule has 2 atom stereocenters. The molecule has 2 saturated carbocycles. The zero-order valence-electron chi connectivity index (χ0n) is 22.4. The average molecular weight is 545 g/mol. The molecule has 1 aliphatic heterocycles. The third-order valence-corrected chi connectivity index (χ3v) is 8.23. The molecule has 8 nitrogen and oxygen atoms in total. The molecule has 0 unspecified atom stereocenters. The lowest BCUT2D eigenvalue weighted by molar-refractivity contribution is -0.138. The maximum atomic E-state index is 13.9. The van der Waals surface area contributed by atoms with Crippen LogP contribution in [0.4, 0.5) is 24.8 Å². The van der Waals surface area contributed by atoms with Gasteiger partial charge in [0.25, 0.3) is 5.91 Å². The number of piperazine rings is 1. The van der Waals surface area contributed by atoms with E-state index in [-0.39, 0.29) is 47.8 Å². The standard InChI is InChI=1S/C28H35F3N6O2/c1-35-12-14-37(15-13-35)25(38)18-6-8-20(9-7-18)33-27-32-17-23(28(29,30)31)24(34-27)16-19-4-3-5-22(19)26(39)36(2)21-10-11-21/h6-9,17,19,21-22H,3-5,10-16H2,1-2H3,(H,32,33,34)/t19-,22-/m0/s1. The van der Waals surface area contributed by atoms with Gasteiger partial charge in [-0.3, -0.25) is 9.59 Å². The van der Waals surface area contributed by atoms with Crippen molar-refractivity contribution in [2.75, 3.05) is 45.6 Å². The molecule has 3 fully saturated rings. The SMILES string of the molecule is CN1CCN(C(=O)c2ccc(Nc3ncc(C(F)(F)F)c(C[C@@H]4CCC[C@@H]4C(=O)N(C)C4CC4)n3)cc2)CC1. The molecule has 210 valence electrons. The summed E-state index contributed by atoms with van der Waals surface area (Å²) in [5.41, 5.74) is 0.151. The molecule has 5 rings (SSSR count). The van der Waals surface area contributed by atoms with Crippen LogP contribution in [0.5, 0.6) is 0 Å². The van der Waals surface area contributed by atoms with Crippen LogP contribution in [-0.4, -0.2) is 82.8 Å². The van der Waals surface area contributed by atoms with Crippen molar-refractivity contribution in [3.8, 4) is 0 Å². The number of amides is 2. The molecule has 2 amide bonds. The van der Waals surface area contributed by atoms with Crippen LogP contribution in [0, 0.1) is 11.8 Å². The molecule has 0 spiro atoms. The first-order valence-electron chi connectivity index (χ1n) is 13.6. The zero-order valence-corrected chi connectivity index (χ0v) is 22.4. The smallest absolute Gasteiger partial charge is 0.343 e. The highest BCUT2D eigenvalue weighted by Crippen LogP contribution is 2.40. The van der Waals surface area contributed by atoms with Gasteiger partial charge in [0.05, 0.1) is 11.3 Å². The predicted molar refractivity (Wildman–Crippen MR) is 140 cm³/mol. The van der Waals surface area contributed by atoms with E-state index in [1.165, 1.54) is 0 Å². The molecule has 1 aromatic heterocycles. The van der Waals surface area contributed by atoms with Gasteiger partial charge in [0, 0.05) is 62.6 Å². The predicted octanol–water partition coefficient (Wildman–Crippen LogP) is 4.21. The number of carbonyl (C=O) groups excluding carboxylic acids is 2. The van der Waals surface area contributed by atoms with Crippen LogP contribution >= 0.6 is 0 Å². The summed E-state index contributed by atoms with van der Waals surface area (Å²) in [6, 6.07) is 7.05. The summed E-state index contributed by atoms with van der Waals surface area (Å²) >= 11 is 0. The summed E-state index contributed by atoms with van der Waals surface area (Å²) in [5, 5.41) is 2.98. The van der Waals surface area contributed by atoms with Crippen molar-refractivity contribution in [2.24, 2.45) is 11.8 Å². The van der Waals surface area contributed by atoms with E-state index in [2.05, 4.69) is 20.2 Å². The van der Waals surface area contributed by atoms with Crippen molar-refractivity contribution >= 4 is 23.5 Å². The highest BCUT2D eigenvalue weighted by atomic mass is 19.4. The maximum absolute atomic E-state index is 13.9. The summed E-state index contributed by atoms with van der Waals surface area (Å²) < 4.78 is 41.6. The number of carbonyl (C=O) groups is 2. The second-order valence-corrected chi connectivity index (χ2v) is 11.0. The second-order valence-electron chi connectivity index (χ2n) is 11.0. The quantitative estimate of drug-likeness (QED) is 0.563. The molecule has 2 heterocycles. The first-order chi connectivity index (χ1) is 18.6. The third kappa shape index (κ3) is 6.34. The molecule has 2 aromatic rings. The minimum Gasteiger partial charge on any atom is -0.343 e. The summed E-state index contributed by atoms with van der Waals surface area (Å²) in [5.74, 6) is -0.439. The fourth-order valence-electron chi connectivity index (χ4n) is 5.65. The van der Waals surface area contributed by atoms with Gasteiger partial charge in [-0.2, -0.15) is 13.2 Å². The van der Waals surface area contributed by atoms with Gasteiger partial charge in [0.15, 0.2) is 0 Å². The van der Waals surface area contributed by atoms with Crippen molar-refractivity contribution in [2.45, 2.75) is 50.7 Å². The van der Waals surface area contributed by atoms with Crippen LogP contribution < -0.4 is 5.32 Å². The van der Waals surface area contributed by atoms with Crippen LogP contribution in [0.25, 0.3) is 0 Å². The van der Waals surface area contributed by atoms with Gasteiger partial charge in [-0.1, -0.05) is 6.42 Å². The minimum atomic E-state index is -4.60. The molecule has 1 aromatic carbocycles. The number of benzene rings is 1. The zero-order chi connectivity index (χ0) is 27.7. The van der Waals surface area contributed by atoms with Crippen molar-refractivity contribution in [1.29, 1.82) is 0 Å². The molecule has 39 heavy (non-hydrogen) atoms. The van der Waals surface area contributed by atoms with Crippen molar-refractivity contribution in [1.82, 2.24) is 24.7 Å². The Hall–Kier alpha value is -3.21. The monoisotopic (exact) mass is 544 g/mol. The van der Waals surface area contributed by atoms with Crippen LogP contribution in [0.1, 0.15) is 53.7 Å². The number of alkyl halides is 3. The number of anilines is 2. The number of rotatable bonds is 7. The van der Waals surface area contributed by atoms with Gasteiger partial charge < -0.3 is 20.0 Å². The second kappa shape index (κ2) is 11.1. The van der Waals surface area contributed by atoms with E-state index in [9.17, 15) is 22.8 Å². The molecule has 0 radical (unpaired) electrons. The Morgan fingerprint density at radius 1 is 1.05 bits per heavy atom. The summed E-state index contributed by atoms with van der Waals surface area (Å²) in [6.07, 6.45) is 0.475. The molecule has 1 saturated heterocycles. The Labute approximate surface area is 226 Å². The van der Waals surface area contributed by atoms with Gasteiger partial charge in [-0.25, -0.2) is 9.97 Å². The summed E-state index contributed by atoms with van der Waals surface area (Å²) in [6.45, 7) is 2.99. The summed E-state index contributed by atoms with van der Waals surface area (Å²) in [4.78, 5) is 39.8. The average Bonchev–Trinajstić information content (AvgIpc) is 3.66. The first kappa shape index (κ1) is 27.4. The molecule has 1 N–H and O–H groups in total. The molecular formula is C28H35F3N6O2. The van der Waals surface area contributed by atoms with Gasteiger partial charge in [-0.05, 0) is 69.3 Å². The lowest BCUT2D eigenvalue weighted by Gasteiger charge is -2.32. The van der Waals surface area contributed by atoms with E-state index in [1.807, 2.05) is 11.9 Å². The highest BCUT2D eigenvalue weighted by molar-refractivity contribution is 5.94. The van der Waals surface area contributed by atoms with Crippen LogP contribution in [0.3, 0.4) is 0 Å². The Balaban J connectivity index is 1.30. The number of nitrogens with zero attached hydrogens (tertiary/aromatic N) is 5. The van der Waals surface area contributed by atoms with Crippen molar-refractivity contribution in [3.05, 3.63) is 47.3 Å². The maximum Gasteiger partial charge on any atom is 0.419 e. The Morgan fingerprint density at radius 3 is 2.38 bits per heavy atom. The Kier molecular flexibility index (Phi) is 7.80. The fourth-order valence-corrected chi connectivity index (χ4v) is 5.65. The van der Waals surface area contributed by atoms with E-state index in [0.717, 1.165) is 38.5 Å². The Bertz CT molecular complexity index is 1190. The largest absolute Gasteiger partial charge is 0.419 e. The first-order valence-corrected chi connectivity index (χ1v) is 13.6. The van der Waals surface area contributed by atoms with Gasteiger partial charge >= 0.3 is 6.18 Å². The van der Waals surface area contributed by atoms with Crippen molar-refractivity contribution < 1.29 is 22.8 Å². The lowest BCUT2D eigenvalue weighted by atomic mass is 9.89. The number of hydrogen-bond donors (Lipinski definition) is 1. The number of hydrogen-bond acceptors (Lipinski definition) is 6. The molecule has 2 aliphatic carbocycles. The van der Waals surface area contributed by atoms with Crippen LogP contribution in [-0.2, 0) is 17.4 Å². The number of nitrogens with one attached hydrogen (secondary N) is 1. The summed E-state index contributed by atoms with van der Waals surface area (Å²) in [7, 11) is 3.82. The molecular weight excluding hydrogens is 509 g/mol. The number of aromatic nitrogens is 2. The Morgan fingerprint density at radius 2 is 1.74 bits per heavy atom.